The monoisotopic (exact) mass is 287 g/mol. The van der Waals surface area contributed by atoms with Gasteiger partial charge in [-0.05, 0) is 32.0 Å². The van der Waals surface area contributed by atoms with E-state index in [4.69, 9.17) is 9.84 Å². The second kappa shape index (κ2) is 6.65. The first kappa shape index (κ1) is 15.6. The SMILES string of the molecule is CCOC(C)CNS(=O)(=O)c1cccc(C(=O)O)c1. The quantitative estimate of drug-likeness (QED) is 0.783. The fourth-order valence-corrected chi connectivity index (χ4v) is 2.61. The van der Waals surface area contributed by atoms with E-state index in [0.717, 1.165) is 6.07 Å². The number of hydrogen-bond acceptors (Lipinski definition) is 4. The molecule has 0 bridgehead atoms. The summed E-state index contributed by atoms with van der Waals surface area (Å²) in [6.07, 6.45) is -0.248. The van der Waals surface area contributed by atoms with E-state index in [1.165, 1.54) is 18.2 Å². The van der Waals surface area contributed by atoms with Crippen molar-refractivity contribution in [3.05, 3.63) is 29.8 Å². The Morgan fingerprint density at radius 3 is 2.74 bits per heavy atom. The summed E-state index contributed by atoms with van der Waals surface area (Å²) in [7, 11) is -3.72. The maximum absolute atomic E-state index is 12.0. The highest BCUT2D eigenvalue weighted by Gasteiger charge is 2.16. The van der Waals surface area contributed by atoms with Crippen LogP contribution >= 0.6 is 0 Å². The number of nitrogens with one attached hydrogen (secondary N) is 1. The van der Waals surface area contributed by atoms with Crippen molar-refractivity contribution in [2.24, 2.45) is 0 Å². The standard InChI is InChI=1S/C12H17NO5S/c1-3-18-9(2)8-13-19(16,17)11-6-4-5-10(7-11)12(14)15/h4-7,9,13H,3,8H2,1-2H3,(H,14,15). The minimum atomic E-state index is -3.72. The third-order valence-electron chi connectivity index (χ3n) is 2.40. The molecular formula is C12H17NO5S. The van der Waals surface area contributed by atoms with Crippen LogP contribution in [0, 0.1) is 0 Å². The number of carboxylic acid groups (broad SMARTS) is 1. The van der Waals surface area contributed by atoms with E-state index in [9.17, 15) is 13.2 Å². The number of ether oxygens (including phenoxy) is 1. The summed E-state index contributed by atoms with van der Waals surface area (Å²) in [5.41, 5.74) is -0.0688. The molecule has 0 aliphatic heterocycles. The third kappa shape index (κ3) is 4.62. The summed E-state index contributed by atoms with van der Waals surface area (Å²) in [4.78, 5) is 10.7. The topological polar surface area (TPSA) is 92.7 Å². The zero-order chi connectivity index (χ0) is 14.5. The van der Waals surface area contributed by atoms with Crippen LogP contribution in [0.25, 0.3) is 0 Å². The molecule has 1 aromatic carbocycles. The van der Waals surface area contributed by atoms with Crippen LogP contribution in [0.15, 0.2) is 29.2 Å². The van der Waals surface area contributed by atoms with E-state index >= 15 is 0 Å². The van der Waals surface area contributed by atoms with Crippen LogP contribution in [0.2, 0.25) is 0 Å². The summed E-state index contributed by atoms with van der Waals surface area (Å²) in [5.74, 6) is -1.17. The first-order valence-corrected chi connectivity index (χ1v) is 7.29. The predicted molar refractivity (Wildman–Crippen MR) is 69.7 cm³/mol. The third-order valence-corrected chi connectivity index (χ3v) is 3.82. The van der Waals surface area contributed by atoms with Crippen molar-refractivity contribution in [3.63, 3.8) is 0 Å². The number of rotatable bonds is 7. The molecule has 0 amide bonds. The molecule has 0 aliphatic rings. The average Bonchev–Trinajstić information content (AvgIpc) is 2.37. The van der Waals surface area contributed by atoms with Gasteiger partial charge in [-0.2, -0.15) is 0 Å². The molecule has 106 valence electrons. The number of benzene rings is 1. The second-order valence-electron chi connectivity index (χ2n) is 3.95. The van der Waals surface area contributed by atoms with E-state index in [2.05, 4.69) is 4.72 Å². The second-order valence-corrected chi connectivity index (χ2v) is 5.72. The minimum Gasteiger partial charge on any atom is -0.478 e. The number of aromatic carboxylic acids is 1. The lowest BCUT2D eigenvalue weighted by Gasteiger charge is -2.13. The van der Waals surface area contributed by atoms with Gasteiger partial charge in [0, 0.05) is 13.2 Å². The molecule has 6 nitrogen and oxygen atoms in total. The molecule has 0 aromatic heterocycles. The van der Waals surface area contributed by atoms with Gasteiger partial charge in [0.15, 0.2) is 0 Å². The van der Waals surface area contributed by atoms with Crippen molar-refractivity contribution in [3.8, 4) is 0 Å². The van der Waals surface area contributed by atoms with E-state index < -0.39 is 16.0 Å². The molecular weight excluding hydrogens is 270 g/mol. The van der Waals surface area contributed by atoms with Gasteiger partial charge in [0.2, 0.25) is 10.0 Å². The van der Waals surface area contributed by atoms with Gasteiger partial charge >= 0.3 is 5.97 Å². The van der Waals surface area contributed by atoms with Gasteiger partial charge in [-0.25, -0.2) is 17.9 Å². The Morgan fingerprint density at radius 2 is 2.16 bits per heavy atom. The lowest BCUT2D eigenvalue weighted by Crippen LogP contribution is -2.32. The van der Waals surface area contributed by atoms with E-state index in [1.807, 2.05) is 6.92 Å². The first-order valence-electron chi connectivity index (χ1n) is 5.81. The predicted octanol–water partition coefficient (Wildman–Crippen LogP) is 1.09. The Kier molecular flexibility index (Phi) is 5.46. The van der Waals surface area contributed by atoms with Gasteiger partial charge in [0.25, 0.3) is 0 Å². The first-order chi connectivity index (χ1) is 8.86. The van der Waals surface area contributed by atoms with Crippen LogP contribution in [0.1, 0.15) is 24.2 Å². The normalized spacial score (nSPS) is 13.2. The van der Waals surface area contributed by atoms with Gasteiger partial charge in [0.05, 0.1) is 16.6 Å². The highest BCUT2D eigenvalue weighted by Crippen LogP contribution is 2.11. The Morgan fingerprint density at radius 1 is 1.47 bits per heavy atom. The minimum absolute atomic E-state index is 0.0688. The summed E-state index contributed by atoms with van der Waals surface area (Å²) >= 11 is 0. The highest BCUT2D eigenvalue weighted by molar-refractivity contribution is 7.89. The van der Waals surface area contributed by atoms with Gasteiger partial charge in [-0.1, -0.05) is 6.07 Å². The fraction of sp³-hybridized carbons (Fsp3) is 0.417. The van der Waals surface area contributed by atoms with E-state index in [-0.39, 0.29) is 23.1 Å². The summed E-state index contributed by atoms with van der Waals surface area (Å²) in [6, 6.07) is 5.20. The Bertz CT molecular complexity index is 541. The molecule has 7 heteroatoms. The Hall–Kier alpha value is -1.44. The molecule has 0 heterocycles. The van der Waals surface area contributed by atoms with Gasteiger partial charge < -0.3 is 9.84 Å². The summed E-state index contributed by atoms with van der Waals surface area (Å²) in [6.45, 7) is 4.20. The lowest BCUT2D eigenvalue weighted by atomic mass is 10.2. The lowest BCUT2D eigenvalue weighted by molar-refractivity contribution is 0.0696. The van der Waals surface area contributed by atoms with E-state index in [0.29, 0.717) is 6.61 Å². The number of sulfonamides is 1. The zero-order valence-electron chi connectivity index (χ0n) is 10.8. The van der Waals surface area contributed by atoms with Gasteiger partial charge in [0.1, 0.15) is 0 Å². The van der Waals surface area contributed by atoms with Crippen LogP contribution < -0.4 is 4.72 Å². The van der Waals surface area contributed by atoms with Crippen molar-refractivity contribution in [1.82, 2.24) is 4.72 Å². The largest absolute Gasteiger partial charge is 0.478 e. The smallest absolute Gasteiger partial charge is 0.335 e. The molecule has 0 spiro atoms. The average molecular weight is 287 g/mol. The molecule has 0 aliphatic carbocycles. The van der Waals surface area contributed by atoms with Gasteiger partial charge in [-0.3, -0.25) is 0 Å². The van der Waals surface area contributed by atoms with Crippen molar-refractivity contribution >= 4 is 16.0 Å². The number of carbonyl (C=O) groups is 1. The van der Waals surface area contributed by atoms with Crippen LogP contribution in [0.5, 0.6) is 0 Å². The molecule has 1 aromatic rings. The number of carboxylic acids is 1. The summed E-state index contributed by atoms with van der Waals surface area (Å²) in [5, 5.41) is 8.83. The fourth-order valence-electron chi connectivity index (χ4n) is 1.45. The molecule has 0 fully saturated rings. The molecule has 1 unspecified atom stereocenters. The molecule has 19 heavy (non-hydrogen) atoms. The van der Waals surface area contributed by atoms with Crippen molar-refractivity contribution in [2.75, 3.05) is 13.2 Å². The van der Waals surface area contributed by atoms with Crippen LogP contribution in [-0.4, -0.2) is 38.7 Å². The Balaban J connectivity index is 2.83. The van der Waals surface area contributed by atoms with Crippen LogP contribution in [0.4, 0.5) is 0 Å². The molecule has 2 N–H and O–H groups in total. The molecule has 1 atom stereocenters. The van der Waals surface area contributed by atoms with Gasteiger partial charge in [-0.15, -0.1) is 0 Å². The molecule has 1 rings (SSSR count). The Labute approximate surface area is 112 Å². The highest BCUT2D eigenvalue weighted by atomic mass is 32.2. The van der Waals surface area contributed by atoms with Crippen molar-refractivity contribution < 1.29 is 23.1 Å². The van der Waals surface area contributed by atoms with Crippen LogP contribution in [0.3, 0.4) is 0 Å². The van der Waals surface area contributed by atoms with Crippen molar-refractivity contribution in [1.29, 1.82) is 0 Å². The summed E-state index contributed by atoms with van der Waals surface area (Å²) < 4.78 is 31.5. The van der Waals surface area contributed by atoms with E-state index in [1.54, 1.807) is 6.92 Å². The molecule has 0 saturated heterocycles. The maximum Gasteiger partial charge on any atom is 0.335 e. The maximum atomic E-state index is 12.0. The van der Waals surface area contributed by atoms with Crippen molar-refractivity contribution in [2.45, 2.75) is 24.8 Å². The molecule has 0 radical (unpaired) electrons. The molecule has 0 saturated carbocycles. The van der Waals surface area contributed by atoms with Crippen LogP contribution in [-0.2, 0) is 14.8 Å². The number of hydrogen-bond donors (Lipinski definition) is 2. The zero-order valence-corrected chi connectivity index (χ0v) is 11.6.